The molecule has 6 nitrogen and oxygen atoms in total. The summed E-state index contributed by atoms with van der Waals surface area (Å²) in [6, 6.07) is 13.3. The maximum atomic E-state index is 13.3. The van der Waals surface area contributed by atoms with E-state index in [0.29, 0.717) is 28.7 Å². The van der Waals surface area contributed by atoms with E-state index in [4.69, 9.17) is 9.40 Å². The first kappa shape index (κ1) is 22.1. The second-order valence-electron chi connectivity index (χ2n) is 8.45. The Hall–Kier alpha value is -3.06. The highest BCUT2D eigenvalue weighted by Gasteiger charge is 2.19. The molecule has 7 heteroatoms. The minimum Gasteiger partial charge on any atom is -0.448 e. The van der Waals surface area contributed by atoms with Crippen LogP contribution in [0.25, 0.3) is 22.1 Å². The second kappa shape index (κ2) is 9.20. The molecule has 0 aliphatic rings. The number of furan rings is 1. The van der Waals surface area contributed by atoms with E-state index in [1.165, 1.54) is 17.3 Å². The van der Waals surface area contributed by atoms with Gasteiger partial charge >= 0.3 is 0 Å². The SMILES string of the molecule is Cc1ccc(NC(=O)CSc2nc3c(oc4ccccc43)c(=O)n2CCC(C)C)cc1C. The van der Waals surface area contributed by atoms with Crippen molar-refractivity contribution in [2.75, 3.05) is 11.1 Å². The molecule has 0 aliphatic heterocycles. The number of aromatic nitrogens is 2. The summed E-state index contributed by atoms with van der Waals surface area (Å²) in [5.74, 6) is 0.446. The summed E-state index contributed by atoms with van der Waals surface area (Å²) in [5.41, 5.74) is 4.30. The van der Waals surface area contributed by atoms with E-state index in [1.54, 1.807) is 4.57 Å². The van der Waals surface area contributed by atoms with E-state index < -0.39 is 0 Å². The van der Waals surface area contributed by atoms with Gasteiger partial charge in [0, 0.05) is 17.6 Å². The quantitative estimate of drug-likeness (QED) is 0.296. The Morgan fingerprint density at radius 1 is 1.16 bits per heavy atom. The zero-order valence-electron chi connectivity index (χ0n) is 18.8. The van der Waals surface area contributed by atoms with Gasteiger partial charge in [-0.2, -0.15) is 0 Å². The van der Waals surface area contributed by atoms with Gasteiger partial charge in [0.2, 0.25) is 11.5 Å². The van der Waals surface area contributed by atoms with Gasteiger partial charge < -0.3 is 9.73 Å². The van der Waals surface area contributed by atoms with Gasteiger partial charge in [0.25, 0.3) is 5.56 Å². The average molecular weight is 450 g/mol. The molecule has 0 spiro atoms. The Bertz CT molecular complexity index is 1350. The van der Waals surface area contributed by atoms with Crippen LogP contribution in [0.3, 0.4) is 0 Å². The Morgan fingerprint density at radius 2 is 1.94 bits per heavy atom. The molecule has 0 bridgehead atoms. The fraction of sp³-hybridized carbons (Fsp3) is 0.320. The monoisotopic (exact) mass is 449 g/mol. The number of rotatable bonds is 7. The number of thioether (sulfide) groups is 1. The highest BCUT2D eigenvalue weighted by atomic mass is 32.2. The number of amides is 1. The predicted molar refractivity (Wildman–Crippen MR) is 130 cm³/mol. The molecule has 1 N–H and O–H groups in total. The number of aryl methyl sites for hydroxylation is 2. The van der Waals surface area contributed by atoms with Crippen LogP contribution in [0.2, 0.25) is 0 Å². The molecule has 2 aromatic heterocycles. The maximum Gasteiger partial charge on any atom is 0.297 e. The van der Waals surface area contributed by atoms with E-state index in [0.717, 1.165) is 23.1 Å². The molecular formula is C25H27N3O3S. The van der Waals surface area contributed by atoms with Crippen LogP contribution in [0.1, 0.15) is 31.4 Å². The fourth-order valence-electron chi connectivity index (χ4n) is 3.49. The third-order valence-corrected chi connectivity index (χ3v) is 6.48. The third kappa shape index (κ3) is 4.58. The molecule has 0 fully saturated rings. The van der Waals surface area contributed by atoms with Gasteiger partial charge in [-0.15, -0.1) is 0 Å². The Labute approximate surface area is 191 Å². The summed E-state index contributed by atoms with van der Waals surface area (Å²) in [7, 11) is 0. The number of hydrogen-bond acceptors (Lipinski definition) is 5. The van der Waals surface area contributed by atoms with E-state index in [2.05, 4.69) is 19.2 Å². The van der Waals surface area contributed by atoms with Crippen molar-refractivity contribution in [3.8, 4) is 0 Å². The zero-order chi connectivity index (χ0) is 22.8. The standard InChI is InChI=1S/C25H27N3O3S/c1-15(2)11-12-28-24(30)23-22(19-7-5-6-8-20(19)31-23)27-25(28)32-14-21(29)26-18-10-9-16(3)17(4)13-18/h5-10,13,15H,11-12,14H2,1-4H3,(H,26,29). The maximum absolute atomic E-state index is 13.3. The minimum absolute atomic E-state index is 0.139. The number of fused-ring (bicyclic) bond motifs is 3. The summed E-state index contributed by atoms with van der Waals surface area (Å²) in [5, 5.41) is 4.27. The van der Waals surface area contributed by atoms with E-state index >= 15 is 0 Å². The molecule has 4 aromatic rings. The van der Waals surface area contributed by atoms with Gasteiger partial charge in [-0.1, -0.05) is 43.8 Å². The highest BCUT2D eigenvalue weighted by molar-refractivity contribution is 7.99. The van der Waals surface area contributed by atoms with Crippen molar-refractivity contribution >= 4 is 45.4 Å². The molecule has 32 heavy (non-hydrogen) atoms. The number of anilines is 1. The molecule has 0 saturated carbocycles. The van der Waals surface area contributed by atoms with Gasteiger partial charge in [0.1, 0.15) is 11.1 Å². The fourth-order valence-corrected chi connectivity index (χ4v) is 4.31. The minimum atomic E-state index is -0.205. The first-order valence-electron chi connectivity index (χ1n) is 10.8. The van der Waals surface area contributed by atoms with Crippen molar-refractivity contribution < 1.29 is 9.21 Å². The van der Waals surface area contributed by atoms with Crippen LogP contribution in [0.5, 0.6) is 0 Å². The number of nitrogens with one attached hydrogen (secondary N) is 1. The molecule has 4 rings (SSSR count). The number of carbonyl (C=O) groups excluding carboxylic acids is 1. The van der Waals surface area contributed by atoms with Crippen molar-refractivity contribution in [3.05, 3.63) is 63.9 Å². The average Bonchev–Trinajstić information content (AvgIpc) is 3.13. The lowest BCUT2D eigenvalue weighted by Gasteiger charge is -2.13. The molecule has 0 saturated heterocycles. The number of benzene rings is 2. The predicted octanol–water partition coefficient (Wildman–Crippen LogP) is 5.54. The largest absolute Gasteiger partial charge is 0.448 e. The van der Waals surface area contributed by atoms with Gasteiger partial charge in [-0.3, -0.25) is 14.2 Å². The lowest BCUT2D eigenvalue weighted by atomic mass is 10.1. The highest BCUT2D eigenvalue weighted by Crippen LogP contribution is 2.27. The van der Waals surface area contributed by atoms with Crippen LogP contribution in [0, 0.1) is 19.8 Å². The van der Waals surface area contributed by atoms with E-state index in [9.17, 15) is 9.59 Å². The number of para-hydroxylation sites is 1. The van der Waals surface area contributed by atoms with Crippen molar-refractivity contribution in [2.45, 2.75) is 45.8 Å². The molecule has 2 aromatic carbocycles. The normalized spacial score (nSPS) is 11.5. The molecular weight excluding hydrogens is 422 g/mol. The molecule has 1 amide bonds. The van der Waals surface area contributed by atoms with Crippen LogP contribution in [0.4, 0.5) is 5.69 Å². The summed E-state index contributed by atoms with van der Waals surface area (Å²) in [6.07, 6.45) is 0.829. The first-order valence-corrected chi connectivity index (χ1v) is 11.7. The number of hydrogen-bond donors (Lipinski definition) is 1. The lowest BCUT2D eigenvalue weighted by Crippen LogP contribution is -2.24. The van der Waals surface area contributed by atoms with Gasteiger partial charge in [0.15, 0.2) is 5.16 Å². The summed E-state index contributed by atoms with van der Waals surface area (Å²) >= 11 is 1.27. The summed E-state index contributed by atoms with van der Waals surface area (Å²) in [4.78, 5) is 30.6. The van der Waals surface area contributed by atoms with Crippen LogP contribution in [-0.2, 0) is 11.3 Å². The summed E-state index contributed by atoms with van der Waals surface area (Å²) in [6.45, 7) is 8.80. The van der Waals surface area contributed by atoms with E-state index in [1.807, 2.05) is 56.3 Å². The first-order chi connectivity index (χ1) is 15.3. The van der Waals surface area contributed by atoms with Crippen molar-refractivity contribution in [1.82, 2.24) is 9.55 Å². The number of nitrogens with zero attached hydrogens (tertiary/aromatic N) is 2. The summed E-state index contributed by atoms with van der Waals surface area (Å²) < 4.78 is 7.46. The van der Waals surface area contributed by atoms with Gasteiger partial charge in [-0.05, 0) is 61.6 Å². The smallest absolute Gasteiger partial charge is 0.297 e. The molecule has 0 unspecified atom stereocenters. The topological polar surface area (TPSA) is 77.1 Å². The van der Waals surface area contributed by atoms with Crippen molar-refractivity contribution in [3.63, 3.8) is 0 Å². The molecule has 0 aliphatic carbocycles. The third-order valence-electron chi connectivity index (χ3n) is 5.50. The Balaban J connectivity index is 1.64. The Morgan fingerprint density at radius 3 is 2.69 bits per heavy atom. The molecule has 166 valence electrons. The molecule has 2 heterocycles. The van der Waals surface area contributed by atoms with Crippen LogP contribution in [0.15, 0.2) is 56.8 Å². The van der Waals surface area contributed by atoms with Crippen LogP contribution in [-0.4, -0.2) is 21.2 Å². The van der Waals surface area contributed by atoms with Crippen molar-refractivity contribution in [1.29, 1.82) is 0 Å². The molecule has 0 atom stereocenters. The Kier molecular flexibility index (Phi) is 6.37. The van der Waals surface area contributed by atoms with Crippen LogP contribution < -0.4 is 10.9 Å². The molecule has 0 radical (unpaired) electrons. The van der Waals surface area contributed by atoms with E-state index in [-0.39, 0.29) is 22.8 Å². The lowest BCUT2D eigenvalue weighted by molar-refractivity contribution is -0.113. The van der Waals surface area contributed by atoms with Gasteiger partial charge in [0.05, 0.1) is 5.75 Å². The second-order valence-corrected chi connectivity index (χ2v) is 9.39. The zero-order valence-corrected chi connectivity index (χ0v) is 19.6. The number of carbonyl (C=O) groups is 1. The van der Waals surface area contributed by atoms with Crippen molar-refractivity contribution in [2.24, 2.45) is 5.92 Å². The van der Waals surface area contributed by atoms with Crippen LogP contribution >= 0.6 is 11.8 Å². The van der Waals surface area contributed by atoms with Gasteiger partial charge in [-0.25, -0.2) is 4.98 Å².